The summed E-state index contributed by atoms with van der Waals surface area (Å²) in [5, 5.41) is 14.8. The highest BCUT2D eigenvalue weighted by Gasteiger charge is 2.26. The van der Waals surface area contributed by atoms with Crippen molar-refractivity contribution in [3.63, 3.8) is 0 Å². The van der Waals surface area contributed by atoms with Crippen LogP contribution in [0.3, 0.4) is 0 Å². The van der Waals surface area contributed by atoms with Crippen LogP contribution in [0.25, 0.3) is 11.3 Å². The Morgan fingerprint density at radius 3 is 2.52 bits per heavy atom. The fraction of sp³-hybridized carbons (Fsp3) is 0.312. The monoisotopic (exact) mass is 417 g/mol. The van der Waals surface area contributed by atoms with Crippen molar-refractivity contribution < 1.29 is 22.8 Å². The number of nitro benzene ring substituents is 1. The number of halogens is 4. The van der Waals surface area contributed by atoms with Crippen molar-refractivity contribution in [2.24, 2.45) is 7.05 Å². The van der Waals surface area contributed by atoms with Gasteiger partial charge in [0.25, 0.3) is 5.69 Å². The minimum absolute atomic E-state index is 0.0835. The Morgan fingerprint density at radius 2 is 2.00 bits per heavy atom. The topological polar surface area (TPSA) is 70.2 Å². The van der Waals surface area contributed by atoms with Crippen LogP contribution in [0.1, 0.15) is 5.56 Å². The molecule has 6 nitrogen and oxygen atoms in total. The molecule has 2 aromatic rings. The molecular formula is C16H15ClF3N3O3Si. The van der Waals surface area contributed by atoms with Crippen LogP contribution in [-0.2, 0) is 7.05 Å². The number of aryl methyl sites for hydroxylation is 1. The summed E-state index contributed by atoms with van der Waals surface area (Å²) in [7, 11) is -0.581. The van der Waals surface area contributed by atoms with Gasteiger partial charge < -0.3 is 4.74 Å². The predicted molar refractivity (Wildman–Crippen MR) is 97.1 cm³/mol. The second-order valence-electron chi connectivity index (χ2n) is 6.58. The van der Waals surface area contributed by atoms with Crippen LogP contribution in [0.5, 0.6) is 5.88 Å². The molecule has 0 aliphatic heterocycles. The standard InChI is InChI=1S/C16H15ClF3N3O3Si/c1-22-15(26-16(19)20)13(17)14(21-22)10-8-12(23(24)25)9(7-11(10)18)5-6-27(2,3)4/h7-8,16H,1-4H3. The maximum absolute atomic E-state index is 14.6. The molecule has 0 amide bonds. The van der Waals surface area contributed by atoms with Crippen LogP contribution in [-0.4, -0.2) is 29.4 Å². The lowest BCUT2D eigenvalue weighted by Crippen LogP contribution is -2.16. The van der Waals surface area contributed by atoms with Gasteiger partial charge in [-0.15, -0.1) is 5.54 Å². The molecule has 0 saturated carbocycles. The maximum atomic E-state index is 14.6. The first kappa shape index (κ1) is 20.8. The van der Waals surface area contributed by atoms with Crippen LogP contribution in [0.4, 0.5) is 18.9 Å². The smallest absolute Gasteiger partial charge is 0.388 e. The van der Waals surface area contributed by atoms with Crippen LogP contribution in [0.15, 0.2) is 12.1 Å². The highest BCUT2D eigenvalue weighted by Crippen LogP contribution is 2.38. The lowest BCUT2D eigenvalue weighted by Gasteiger charge is -2.06. The number of rotatable bonds is 4. The van der Waals surface area contributed by atoms with E-state index in [1.807, 2.05) is 19.6 Å². The molecule has 0 saturated heterocycles. The van der Waals surface area contributed by atoms with E-state index in [2.05, 4.69) is 21.3 Å². The van der Waals surface area contributed by atoms with Crippen LogP contribution < -0.4 is 4.74 Å². The van der Waals surface area contributed by atoms with E-state index in [1.165, 1.54) is 7.05 Å². The molecule has 27 heavy (non-hydrogen) atoms. The first-order valence-electron chi connectivity index (χ1n) is 7.59. The Labute approximate surface area is 159 Å². The average Bonchev–Trinajstić information content (AvgIpc) is 2.79. The SMILES string of the molecule is Cn1nc(-c2cc([N+](=O)[O-])c(C#C[Si](C)(C)C)cc2F)c(Cl)c1OC(F)F. The summed E-state index contributed by atoms with van der Waals surface area (Å²) in [6.45, 7) is 2.65. The molecule has 1 aromatic heterocycles. The first-order valence-corrected chi connectivity index (χ1v) is 11.5. The first-order chi connectivity index (χ1) is 12.4. The summed E-state index contributed by atoms with van der Waals surface area (Å²) in [5.74, 6) is 1.31. The van der Waals surface area contributed by atoms with Crippen molar-refractivity contribution in [3.8, 4) is 28.6 Å². The second kappa shape index (κ2) is 7.62. The third-order valence-corrected chi connectivity index (χ3v) is 4.47. The maximum Gasteiger partial charge on any atom is 0.388 e. The lowest BCUT2D eigenvalue weighted by atomic mass is 10.1. The van der Waals surface area contributed by atoms with E-state index in [9.17, 15) is 23.3 Å². The molecule has 11 heteroatoms. The third-order valence-electron chi connectivity index (χ3n) is 3.25. The number of alkyl halides is 2. The van der Waals surface area contributed by atoms with Gasteiger partial charge in [-0.05, 0) is 6.07 Å². The highest BCUT2D eigenvalue weighted by molar-refractivity contribution is 6.83. The normalized spacial score (nSPS) is 11.3. The van der Waals surface area contributed by atoms with E-state index in [1.54, 1.807) is 0 Å². The molecule has 0 spiro atoms. The zero-order chi connectivity index (χ0) is 20.5. The summed E-state index contributed by atoms with van der Waals surface area (Å²) < 4.78 is 44.7. The Morgan fingerprint density at radius 1 is 1.37 bits per heavy atom. The molecule has 0 radical (unpaired) electrons. The Hall–Kier alpha value is -2.51. The van der Waals surface area contributed by atoms with Crippen molar-refractivity contribution in [3.05, 3.63) is 38.7 Å². The number of nitrogens with zero attached hydrogens (tertiary/aromatic N) is 3. The summed E-state index contributed by atoms with van der Waals surface area (Å²) in [6, 6.07) is 1.85. The Kier molecular flexibility index (Phi) is 5.87. The minimum atomic E-state index is -3.16. The van der Waals surface area contributed by atoms with Gasteiger partial charge >= 0.3 is 6.61 Å². The number of hydrogen-bond donors (Lipinski definition) is 0. The predicted octanol–water partition coefficient (Wildman–Crippen LogP) is 4.62. The molecule has 1 heterocycles. The van der Waals surface area contributed by atoms with Gasteiger partial charge in [0.2, 0.25) is 5.88 Å². The van der Waals surface area contributed by atoms with Crippen molar-refractivity contribution in [2.45, 2.75) is 26.3 Å². The molecule has 0 unspecified atom stereocenters. The molecule has 0 aliphatic rings. The number of nitro groups is 1. The van der Waals surface area contributed by atoms with Gasteiger partial charge in [0, 0.05) is 18.7 Å². The van der Waals surface area contributed by atoms with Crippen molar-refractivity contribution in [1.29, 1.82) is 0 Å². The van der Waals surface area contributed by atoms with Gasteiger partial charge in [0.05, 0.1) is 4.92 Å². The highest BCUT2D eigenvalue weighted by atomic mass is 35.5. The van der Waals surface area contributed by atoms with E-state index in [-0.39, 0.29) is 21.8 Å². The number of aromatic nitrogens is 2. The summed E-state index contributed by atoms with van der Waals surface area (Å²) in [5.41, 5.74) is 1.85. The van der Waals surface area contributed by atoms with E-state index >= 15 is 0 Å². The zero-order valence-electron chi connectivity index (χ0n) is 14.8. The largest absolute Gasteiger partial charge is 0.416 e. The number of hydrogen-bond acceptors (Lipinski definition) is 4. The van der Waals surface area contributed by atoms with E-state index in [0.717, 1.165) is 16.8 Å². The molecule has 2 rings (SSSR count). The summed E-state index contributed by atoms with van der Waals surface area (Å²) in [6.07, 6.45) is 0. The molecule has 144 valence electrons. The second-order valence-corrected chi connectivity index (χ2v) is 11.7. The minimum Gasteiger partial charge on any atom is -0.416 e. The van der Waals surface area contributed by atoms with Crippen LogP contribution in [0.2, 0.25) is 24.7 Å². The summed E-state index contributed by atoms with van der Waals surface area (Å²) >= 11 is 5.97. The molecule has 0 atom stereocenters. The number of ether oxygens (including phenoxy) is 1. The quantitative estimate of drug-likeness (QED) is 0.315. The Balaban J connectivity index is 2.65. The van der Waals surface area contributed by atoms with Gasteiger partial charge in [-0.1, -0.05) is 37.2 Å². The van der Waals surface area contributed by atoms with Crippen molar-refractivity contribution in [1.82, 2.24) is 9.78 Å². The van der Waals surface area contributed by atoms with E-state index in [0.29, 0.717) is 0 Å². The van der Waals surface area contributed by atoms with Crippen molar-refractivity contribution >= 4 is 25.4 Å². The van der Waals surface area contributed by atoms with Crippen molar-refractivity contribution in [2.75, 3.05) is 0 Å². The van der Waals surface area contributed by atoms with Gasteiger partial charge in [-0.2, -0.15) is 13.9 Å². The fourth-order valence-electron chi connectivity index (χ4n) is 2.12. The molecular weight excluding hydrogens is 403 g/mol. The molecule has 0 bridgehead atoms. The lowest BCUT2D eigenvalue weighted by molar-refractivity contribution is -0.385. The average molecular weight is 418 g/mol. The zero-order valence-corrected chi connectivity index (χ0v) is 16.6. The molecule has 1 aromatic carbocycles. The summed E-state index contributed by atoms with van der Waals surface area (Å²) in [4.78, 5) is 10.7. The van der Waals surface area contributed by atoms with E-state index in [4.69, 9.17) is 11.6 Å². The van der Waals surface area contributed by atoms with Gasteiger partial charge in [-0.25, -0.2) is 9.07 Å². The van der Waals surface area contributed by atoms with Crippen LogP contribution >= 0.6 is 11.6 Å². The Bertz CT molecular complexity index is 962. The molecule has 0 aliphatic carbocycles. The molecule has 0 fully saturated rings. The van der Waals surface area contributed by atoms with Gasteiger partial charge in [0.15, 0.2) is 0 Å². The fourth-order valence-corrected chi connectivity index (χ4v) is 2.93. The van der Waals surface area contributed by atoms with Crippen LogP contribution in [0, 0.1) is 27.4 Å². The van der Waals surface area contributed by atoms with E-state index < -0.39 is 37.0 Å². The van der Waals surface area contributed by atoms with Gasteiger partial charge in [0.1, 0.15) is 30.2 Å². The third kappa shape index (κ3) is 4.81. The molecule has 0 N–H and O–H groups in total. The van der Waals surface area contributed by atoms with Gasteiger partial charge in [-0.3, -0.25) is 10.1 Å². The number of benzene rings is 1.